The van der Waals surface area contributed by atoms with Crippen molar-refractivity contribution >= 4 is 5.97 Å². The van der Waals surface area contributed by atoms with Crippen LogP contribution in [0.3, 0.4) is 0 Å². The van der Waals surface area contributed by atoms with E-state index in [4.69, 9.17) is 14.2 Å². The number of esters is 1. The number of carbonyl (C=O) groups is 1. The number of benzene rings is 1. The lowest BCUT2D eigenvalue weighted by molar-refractivity contribution is -0.142. The molecule has 1 heterocycles. The predicted octanol–water partition coefficient (Wildman–Crippen LogP) is 2.86. The number of carbonyl (C=O) groups excluding carboxylic acids is 1. The second kappa shape index (κ2) is 8.38. The van der Waals surface area contributed by atoms with Gasteiger partial charge in [0.1, 0.15) is 11.5 Å². The van der Waals surface area contributed by atoms with Gasteiger partial charge in [-0.1, -0.05) is 6.92 Å². The van der Waals surface area contributed by atoms with Crippen molar-refractivity contribution in [2.45, 2.75) is 32.1 Å². The molecule has 134 valence electrons. The molecule has 5 nitrogen and oxygen atoms in total. The summed E-state index contributed by atoms with van der Waals surface area (Å²) in [4.78, 5) is 14.1. The van der Waals surface area contributed by atoms with Crippen LogP contribution >= 0.6 is 0 Å². The van der Waals surface area contributed by atoms with Gasteiger partial charge in [0.05, 0.1) is 21.3 Å². The lowest BCUT2D eigenvalue weighted by Crippen LogP contribution is -2.37. The van der Waals surface area contributed by atoms with Gasteiger partial charge in [-0.15, -0.1) is 0 Å². The van der Waals surface area contributed by atoms with Crippen LogP contribution in [0.15, 0.2) is 12.1 Å². The number of likely N-dealkylation sites (tertiary alicyclic amines) is 1. The molecule has 1 aliphatic heterocycles. The van der Waals surface area contributed by atoms with Crippen LogP contribution < -0.4 is 9.47 Å². The molecule has 1 fully saturated rings. The summed E-state index contributed by atoms with van der Waals surface area (Å²) in [5.41, 5.74) is 2.25. The Balaban J connectivity index is 2.39. The molecule has 0 aromatic heterocycles. The molecule has 2 atom stereocenters. The first kappa shape index (κ1) is 18.6. The van der Waals surface area contributed by atoms with E-state index in [1.807, 2.05) is 0 Å². The highest BCUT2D eigenvalue weighted by molar-refractivity contribution is 5.69. The van der Waals surface area contributed by atoms with Gasteiger partial charge in [0, 0.05) is 24.4 Å². The third kappa shape index (κ3) is 4.01. The van der Waals surface area contributed by atoms with Crippen LogP contribution in [0.25, 0.3) is 0 Å². The Kier molecular flexibility index (Phi) is 6.49. The molecular formula is C19H29NO4. The lowest BCUT2D eigenvalue weighted by atomic mass is 9.78. The van der Waals surface area contributed by atoms with E-state index in [-0.39, 0.29) is 17.8 Å². The fourth-order valence-electron chi connectivity index (χ4n) is 3.65. The van der Waals surface area contributed by atoms with Gasteiger partial charge in [-0.25, -0.2) is 0 Å². The third-order valence-corrected chi connectivity index (χ3v) is 5.03. The van der Waals surface area contributed by atoms with Gasteiger partial charge in [0.15, 0.2) is 0 Å². The van der Waals surface area contributed by atoms with Gasteiger partial charge >= 0.3 is 5.97 Å². The van der Waals surface area contributed by atoms with Gasteiger partial charge in [-0.2, -0.15) is 0 Å². The van der Waals surface area contributed by atoms with Gasteiger partial charge in [0.25, 0.3) is 0 Å². The topological polar surface area (TPSA) is 48.0 Å². The van der Waals surface area contributed by atoms with E-state index in [0.29, 0.717) is 6.42 Å². The molecule has 0 radical (unpaired) electrons. The van der Waals surface area contributed by atoms with Crippen LogP contribution in [0.1, 0.15) is 36.8 Å². The monoisotopic (exact) mass is 335 g/mol. The molecule has 1 aromatic rings. The highest BCUT2D eigenvalue weighted by Gasteiger charge is 2.32. The molecule has 0 bridgehead atoms. The first-order chi connectivity index (χ1) is 11.5. The standard InChI is InChI=1S/C19H29NO4/c1-6-15-17(22-3)9-14(10-18(15)23-4)16-12-20(2)8-7-13(16)11-19(21)24-5/h9-10,13,16H,6-8,11-12H2,1-5H3/t13-,16+/m0/s1. The van der Waals surface area contributed by atoms with Gasteiger partial charge in [0.2, 0.25) is 0 Å². The smallest absolute Gasteiger partial charge is 0.305 e. The molecule has 1 aromatic carbocycles. The van der Waals surface area contributed by atoms with E-state index >= 15 is 0 Å². The Morgan fingerprint density at radius 2 is 1.83 bits per heavy atom. The second-order valence-corrected chi connectivity index (χ2v) is 6.46. The highest BCUT2D eigenvalue weighted by Crippen LogP contribution is 2.40. The summed E-state index contributed by atoms with van der Waals surface area (Å²) in [6, 6.07) is 4.21. The van der Waals surface area contributed by atoms with Crippen LogP contribution in [0.2, 0.25) is 0 Å². The van der Waals surface area contributed by atoms with Crippen LogP contribution in [-0.2, 0) is 16.0 Å². The summed E-state index contributed by atoms with van der Waals surface area (Å²) in [7, 11) is 6.96. The Morgan fingerprint density at radius 3 is 2.33 bits per heavy atom. The fraction of sp³-hybridized carbons (Fsp3) is 0.632. The van der Waals surface area contributed by atoms with E-state index in [1.54, 1.807) is 14.2 Å². The molecule has 0 spiro atoms. The first-order valence-corrected chi connectivity index (χ1v) is 8.54. The largest absolute Gasteiger partial charge is 0.496 e. The predicted molar refractivity (Wildman–Crippen MR) is 93.9 cm³/mol. The quantitative estimate of drug-likeness (QED) is 0.748. The van der Waals surface area contributed by atoms with E-state index in [0.717, 1.165) is 43.0 Å². The molecule has 0 saturated carbocycles. The molecular weight excluding hydrogens is 306 g/mol. The summed E-state index contributed by atoms with van der Waals surface area (Å²) in [6.45, 7) is 4.01. The molecule has 0 N–H and O–H groups in total. The van der Waals surface area contributed by atoms with Crippen LogP contribution in [0.4, 0.5) is 0 Å². The molecule has 2 rings (SSSR count). The fourth-order valence-corrected chi connectivity index (χ4v) is 3.65. The Morgan fingerprint density at radius 1 is 1.21 bits per heavy atom. The van der Waals surface area contributed by atoms with E-state index in [2.05, 4.69) is 31.0 Å². The lowest BCUT2D eigenvalue weighted by Gasteiger charge is -2.37. The summed E-state index contributed by atoms with van der Waals surface area (Å²) in [6.07, 6.45) is 2.29. The number of hydrogen-bond acceptors (Lipinski definition) is 5. The Labute approximate surface area is 144 Å². The number of piperidine rings is 1. The van der Waals surface area contributed by atoms with E-state index in [9.17, 15) is 4.79 Å². The number of likely N-dealkylation sites (N-methyl/N-ethyl adjacent to an activating group) is 1. The van der Waals surface area contributed by atoms with Crippen LogP contribution in [-0.4, -0.2) is 52.3 Å². The SMILES string of the molecule is CCc1c(OC)cc([C@@H]2CN(C)CC[C@H]2CC(=O)OC)cc1OC. The minimum Gasteiger partial charge on any atom is -0.496 e. The molecule has 0 unspecified atom stereocenters. The molecule has 0 aliphatic carbocycles. The zero-order valence-corrected chi connectivity index (χ0v) is 15.4. The molecule has 0 amide bonds. The number of methoxy groups -OCH3 is 3. The van der Waals surface area contributed by atoms with E-state index in [1.165, 1.54) is 12.7 Å². The maximum Gasteiger partial charge on any atom is 0.305 e. The Bertz CT molecular complexity index is 547. The first-order valence-electron chi connectivity index (χ1n) is 8.54. The number of hydrogen-bond donors (Lipinski definition) is 0. The van der Waals surface area contributed by atoms with Gasteiger partial charge in [-0.05, 0) is 50.0 Å². The van der Waals surface area contributed by atoms with Crippen molar-refractivity contribution in [3.05, 3.63) is 23.3 Å². The summed E-state index contributed by atoms with van der Waals surface area (Å²) < 4.78 is 16.1. The maximum absolute atomic E-state index is 11.8. The van der Waals surface area contributed by atoms with Crippen LogP contribution in [0.5, 0.6) is 11.5 Å². The average molecular weight is 335 g/mol. The molecule has 5 heteroatoms. The normalized spacial score (nSPS) is 21.4. The third-order valence-electron chi connectivity index (χ3n) is 5.03. The summed E-state index contributed by atoms with van der Waals surface area (Å²) in [5, 5.41) is 0. The van der Waals surface area contributed by atoms with Crippen LogP contribution in [0, 0.1) is 5.92 Å². The minimum absolute atomic E-state index is 0.140. The molecule has 1 saturated heterocycles. The average Bonchev–Trinajstić information content (AvgIpc) is 2.61. The molecule has 1 aliphatic rings. The van der Waals surface area contributed by atoms with Crippen molar-refractivity contribution in [1.29, 1.82) is 0 Å². The number of ether oxygens (including phenoxy) is 3. The Hall–Kier alpha value is -1.75. The zero-order valence-electron chi connectivity index (χ0n) is 15.4. The van der Waals surface area contributed by atoms with E-state index < -0.39 is 0 Å². The van der Waals surface area contributed by atoms with Crippen molar-refractivity contribution in [3.8, 4) is 11.5 Å². The van der Waals surface area contributed by atoms with Crippen molar-refractivity contribution < 1.29 is 19.0 Å². The van der Waals surface area contributed by atoms with Crippen molar-refractivity contribution in [2.24, 2.45) is 5.92 Å². The van der Waals surface area contributed by atoms with Crippen molar-refractivity contribution in [3.63, 3.8) is 0 Å². The van der Waals surface area contributed by atoms with Crippen molar-refractivity contribution in [2.75, 3.05) is 41.5 Å². The highest BCUT2D eigenvalue weighted by atomic mass is 16.5. The zero-order chi connectivity index (χ0) is 17.7. The van der Waals surface area contributed by atoms with Gasteiger partial charge < -0.3 is 19.1 Å². The van der Waals surface area contributed by atoms with Gasteiger partial charge in [-0.3, -0.25) is 4.79 Å². The number of rotatable bonds is 6. The maximum atomic E-state index is 11.8. The minimum atomic E-state index is -0.140. The summed E-state index contributed by atoms with van der Waals surface area (Å²) in [5.74, 6) is 2.11. The second-order valence-electron chi connectivity index (χ2n) is 6.46. The molecule has 24 heavy (non-hydrogen) atoms. The van der Waals surface area contributed by atoms with Crippen molar-refractivity contribution in [1.82, 2.24) is 4.90 Å². The number of nitrogens with zero attached hydrogens (tertiary/aromatic N) is 1. The summed E-state index contributed by atoms with van der Waals surface area (Å²) >= 11 is 0.